The van der Waals surface area contributed by atoms with Gasteiger partial charge in [-0.2, -0.15) is 0 Å². The van der Waals surface area contributed by atoms with Crippen molar-refractivity contribution >= 4 is 11.8 Å². The summed E-state index contributed by atoms with van der Waals surface area (Å²) < 4.78 is 17.3. The summed E-state index contributed by atoms with van der Waals surface area (Å²) in [6.45, 7) is 2.93. The zero-order valence-electron chi connectivity index (χ0n) is 16.6. The molecule has 0 aliphatic heterocycles. The third-order valence-corrected chi connectivity index (χ3v) is 5.58. The quantitative estimate of drug-likeness (QED) is 0.378. The number of tetrazole rings is 1. The van der Waals surface area contributed by atoms with Crippen molar-refractivity contribution in [2.45, 2.75) is 43.6 Å². The molecule has 7 nitrogen and oxygen atoms in total. The van der Waals surface area contributed by atoms with Gasteiger partial charge in [-0.25, -0.2) is 9.07 Å². The van der Waals surface area contributed by atoms with Gasteiger partial charge in [-0.1, -0.05) is 55.4 Å². The Hall–Kier alpha value is -3.07. The Bertz CT molecular complexity index is 1080. The monoisotopic (exact) mass is 423 g/mol. The molecule has 0 saturated carbocycles. The fourth-order valence-electron chi connectivity index (χ4n) is 3.07. The van der Waals surface area contributed by atoms with Crippen LogP contribution in [-0.4, -0.2) is 35.0 Å². The average Bonchev–Trinajstić information content (AvgIpc) is 3.38. The molecule has 0 N–H and O–H groups in total. The van der Waals surface area contributed by atoms with Gasteiger partial charge < -0.3 is 0 Å². The SMILES string of the molecule is CCCCn1nnnc1CSc1nnc(Cc2ccccc2)n1-c1ccc(F)cc1. The molecule has 2 aromatic heterocycles. The van der Waals surface area contributed by atoms with Gasteiger partial charge in [-0.3, -0.25) is 4.57 Å². The first-order valence-corrected chi connectivity index (χ1v) is 10.8. The minimum atomic E-state index is -0.277. The minimum Gasteiger partial charge on any atom is -0.274 e. The molecule has 0 unspecified atom stereocenters. The molecule has 0 amide bonds. The Morgan fingerprint density at radius 1 is 0.933 bits per heavy atom. The van der Waals surface area contributed by atoms with Gasteiger partial charge in [0, 0.05) is 18.7 Å². The summed E-state index contributed by atoms with van der Waals surface area (Å²) in [7, 11) is 0. The first-order chi connectivity index (χ1) is 14.7. The van der Waals surface area contributed by atoms with E-state index in [0.717, 1.165) is 47.4 Å². The molecule has 0 saturated heterocycles. The smallest absolute Gasteiger partial charge is 0.196 e. The summed E-state index contributed by atoms with van der Waals surface area (Å²) in [5, 5.41) is 21.6. The lowest BCUT2D eigenvalue weighted by molar-refractivity contribution is 0.540. The van der Waals surface area contributed by atoms with Crippen molar-refractivity contribution in [3.63, 3.8) is 0 Å². The molecule has 154 valence electrons. The maximum Gasteiger partial charge on any atom is 0.196 e. The lowest BCUT2D eigenvalue weighted by atomic mass is 10.1. The number of thioether (sulfide) groups is 1. The van der Waals surface area contributed by atoms with Crippen LogP contribution in [-0.2, 0) is 18.7 Å². The van der Waals surface area contributed by atoms with E-state index in [4.69, 9.17) is 0 Å². The number of rotatable bonds is 9. The Balaban J connectivity index is 1.61. The van der Waals surface area contributed by atoms with E-state index in [0.29, 0.717) is 12.2 Å². The third-order valence-electron chi connectivity index (χ3n) is 4.65. The fourth-order valence-corrected chi connectivity index (χ4v) is 3.98. The summed E-state index contributed by atoms with van der Waals surface area (Å²) in [6.07, 6.45) is 2.73. The summed E-state index contributed by atoms with van der Waals surface area (Å²) in [5.41, 5.74) is 1.95. The first kappa shape index (κ1) is 20.2. The molecule has 0 aliphatic carbocycles. The fraction of sp³-hybridized carbons (Fsp3) is 0.286. The van der Waals surface area contributed by atoms with Crippen LogP contribution in [0.3, 0.4) is 0 Å². The van der Waals surface area contributed by atoms with E-state index in [9.17, 15) is 4.39 Å². The second kappa shape index (κ2) is 9.62. The van der Waals surface area contributed by atoms with Crippen LogP contribution in [0.15, 0.2) is 59.8 Å². The minimum absolute atomic E-state index is 0.277. The van der Waals surface area contributed by atoms with Gasteiger partial charge in [0.1, 0.15) is 11.6 Å². The molecule has 0 fully saturated rings. The zero-order valence-corrected chi connectivity index (χ0v) is 17.5. The van der Waals surface area contributed by atoms with E-state index < -0.39 is 0 Å². The van der Waals surface area contributed by atoms with Crippen LogP contribution >= 0.6 is 11.8 Å². The number of unbranched alkanes of at least 4 members (excludes halogenated alkanes) is 1. The highest BCUT2D eigenvalue weighted by Gasteiger charge is 2.17. The van der Waals surface area contributed by atoms with Crippen molar-refractivity contribution in [1.82, 2.24) is 35.0 Å². The highest BCUT2D eigenvalue weighted by molar-refractivity contribution is 7.98. The number of hydrogen-bond acceptors (Lipinski definition) is 6. The number of halogens is 1. The highest BCUT2D eigenvalue weighted by atomic mass is 32.2. The Morgan fingerprint density at radius 2 is 1.73 bits per heavy atom. The Morgan fingerprint density at radius 3 is 2.50 bits per heavy atom. The van der Waals surface area contributed by atoms with Gasteiger partial charge >= 0.3 is 0 Å². The number of aryl methyl sites for hydroxylation is 1. The summed E-state index contributed by atoms with van der Waals surface area (Å²) in [4.78, 5) is 0. The molecule has 0 bridgehead atoms. The van der Waals surface area contributed by atoms with E-state index in [1.54, 1.807) is 12.1 Å². The number of hydrogen-bond donors (Lipinski definition) is 0. The van der Waals surface area contributed by atoms with Crippen molar-refractivity contribution in [1.29, 1.82) is 0 Å². The molecule has 30 heavy (non-hydrogen) atoms. The van der Waals surface area contributed by atoms with Gasteiger partial charge in [0.15, 0.2) is 11.0 Å². The van der Waals surface area contributed by atoms with Crippen molar-refractivity contribution in [2.75, 3.05) is 0 Å². The van der Waals surface area contributed by atoms with Gasteiger partial charge in [-0.05, 0) is 46.7 Å². The van der Waals surface area contributed by atoms with Crippen LogP contribution in [0.2, 0.25) is 0 Å². The maximum absolute atomic E-state index is 13.5. The van der Waals surface area contributed by atoms with E-state index in [-0.39, 0.29) is 5.82 Å². The van der Waals surface area contributed by atoms with Crippen molar-refractivity contribution in [3.05, 3.63) is 77.6 Å². The molecule has 9 heteroatoms. The summed E-state index contributed by atoms with van der Waals surface area (Å²) in [6, 6.07) is 16.5. The van der Waals surface area contributed by atoms with Crippen LogP contribution in [0.5, 0.6) is 0 Å². The van der Waals surface area contributed by atoms with Gasteiger partial charge in [-0.15, -0.1) is 15.3 Å². The first-order valence-electron chi connectivity index (χ1n) is 9.86. The third kappa shape index (κ3) is 4.73. The standard InChI is InChI=1S/C21H22FN7S/c1-2-3-13-28-20(24-26-27-28)15-30-21-25-23-19(14-16-7-5-4-6-8-16)29(21)18-11-9-17(22)10-12-18/h4-12H,2-3,13-15H2,1H3. The zero-order chi connectivity index (χ0) is 20.8. The lowest BCUT2D eigenvalue weighted by Gasteiger charge is -2.10. The molecule has 4 rings (SSSR count). The Labute approximate surface area is 178 Å². The predicted octanol–water partition coefficient (Wildman–Crippen LogP) is 4.08. The molecule has 4 aromatic rings. The van der Waals surface area contributed by atoms with E-state index >= 15 is 0 Å². The summed E-state index contributed by atoms with van der Waals surface area (Å²) in [5.74, 6) is 1.88. The maximum atomic E-state index is 13.5. The number of nitrogens with zero attached hydrogens (tertiary/aromatic N) is 7. The molecular weight excluding hydrogens is 401 g/mol. The van der Waals surface area contributed by atoms with E-state index in [1.165, 1.54) is 23.9 Å². The highest BCUT2D eigenvalue weighted by Crippen LogP contribution is 2.26. The predicted molar refractivity (Wildman–Crippen MR) is 113 cm³/mol. The second-order valence-electron chi connectivity index (χ2n) is 6.83. The summed E-state index contributed by atoms with van der Waals surface area (Å²) >= 11 is 1.52. The second-order valence-corrected chi connectivity index (χ2v) is 7.78. The molecule has 0 atom stereocenters. The molecule has 0 radical (unpaired) electrons. The average molecular weight is 424 g/mol. The topological polar surface area (TPSA) is 74.3 Å². The molecule has 0 spiro atoms. The molecule has 2 heterocycles. The van der Waals surface area contributed by atoms with Crippen LogP contribution in [0.25, 0.3) is 5.69 Å². The van der Waals surface area contributed by atoms with Crippen LogP contribution < -0.4 is 0 Å². The normalized spacial score (nSPS) is 11.1. The number of benzene rings is 2. The van der Waals surface area contributed by atoms with Gasteiger partial charge in [0.25, 0.3) is 0 Å². The van der Waals surface area contributed by atoms with E-state index in [2.05, 4.69) is 44.8 Å². The Kier molecular flexibility index (Phi) is 6.48. The van der Waals surface area contributed by atoms with Gasteiger partial charge in [0.05, 0.1) is 5.75 Å². The molecular formula is C21H22FN7S. The number of aromatic nitrogens is 7. The van der Waals surface area contributed by atoms with Crippen molar-refractivity contribution in [3.8, 4) is 5.69 Å². The van der Waals surface area contributed by atoms with Crippen LogP contribution in [0, 0.1) is 5.82 Å². The van der Waals surface area contributed by atoms with E-state index in [1.807, 2.05) is 27.4 Å². The largest absolute Gasteiger partial charge is 0.274 e. The molecule has 2 aromatic carbocycles. The molecule has 0 aliphatic rings. The lowest BCUT2D eigenvalue weighted by Crippen LogP contribution is -2.06. The van der Waals surface area contributed by atoms with Gasteiger partial charge in [0.2, 0.25) is 0 Å². The van der Waals surface area contributed by atoms with Crippen LogP contribution in [0.4, 0.5) is 4.39 Å². The van der Waals surface area contributed by atoms with Crippen LogP contribution in [0.1, 0.15) is 37.0 Å². The van der Waals surface area contributed by atoms with Crippen molar-refractivity contribution < 1.29 is 4.39 Å². The van der Waals surface area contributed by atoms with Crippen molar-refractivity contribution in [2.24, 2.45) is 0 Å².